The number of rotatable bonds is 6. The van der Waals surface area contributed by atoms with Gasteiger partial charge >= 0.3 is 0 Å². The smallest absolute Gasteiger partial charge is 0.252 e. The molecule has 0 saturated carbocycles. The molecule has 1 amide bonds. The van der Waals surface area contributed by atoms with Crippen LogP contribution in [0.1, 0.15) is 37.0 Å². The molecule has 118 valence electrons. The van der Waals surface area contributed by atoms with E-state index in [4.69, 9.17) is 11.6 Å². The van der Waals surface area contributed by atoms with Crippen LogP contribution in [0.4, 0.5) is 0 Å². The first-order valence-corrected chi connectivity index (χ1v) is 7.40. The quantitative estimate of drug-likeness (QED) is 0.842. The van der Waals surface area contributed by atoms with Crippen LogP contribution in [0, 0.1) is 0 Å². The lowest BCUT2D eigenvalue weighted by atomic mass is 9.97. The minimum Gasteiger partial charge on any atom is -0.388 e. The molecular weight excluding hydrogens is 306 g/mol. The highest BCUT2D eigenvalue weighted by atomic mass is 35.5. The first-order chi connectivity index (χ1) is 10.5. The van der Waals surface area contributed by atoms with Crippen LogP contribution < -0.4 is 5.32 Å². The Hall–Kier alpha value is -1.99. The lowest BCUT2D eigenvalue weighted by molar-refractivity contribution is 0.0314. The van der Waals surface area contributed by atoms with Crippen LogP contribution in [0.25, 0.3) is 5.69 Å². The number of aliphatic hydroxyl groups is 1. The lowest BCUT2D eigenvalue weighted by Gasteiger charge is -2.25. The van der Waals surface area contributed by atoms with Crippen LogP contribution in [0.3, 0.4) is 0 Å². The summed E-state index contributed by atoms with van der Waals surface area (Å²) in [4.78, 5) is 12.2. The zero-order valence-corrected chi connectivity index (χ0v) is 13.2. The molecular formula is C14H18ClN5O2. The summed E-state index contributed by atoms with van der Waals surface area (Å²) in [5.41, 5.74) is 0.104. The third-order valence-electron chi connectivity index (χ3n) is 3.71. The van der Waals surface area contributed by atoms with Crippen LogP contribution in [0.5, 0.6) is 0 Å². The molecule has 2 aromatic rings. The second-order valence-electron chi connectivity index (χ2n) is 5.03. The van der Waals surface area contributed by atoms with Crippen LogP contribution in [-0.4, -0.2) is 43.4 Å². The molecule has 0 atom stereocenters. The number of carbonyl (C=O) groups is 1. The van der Waals surface area contributed by atoms with Gasteiger partial charge in [0.15, 0.2) is 0 Å². The van der Waals surface area contributed by atoms with E-state index >= 15 is 0 Å². The topological polar surface area (TPSA) is 92.9 Å². The van der Waals surface area contributed by atoms with Crippen molar-refractivity contribution < 1.29 is 9.90 Å². The Balaban J connectivity index is 2.11. The first-order valence-electron chi connectivity index (χ1n) is 7.02. The molecule has 0 spiro atoms. The standard InChI is InChI=1S/C14H18ClN5O2/c1-3-14(22,4-2)8-16-13(21)11-6-5-10(7-12(11)15)20-9-17-18-19-20/h5-7,9,22H,3-4,8H2,1-2H3,(H,16,21). The summed E-state index contributed by atoms with van der Waals surface area (Å²) >= 11 is 6.15. The van der Waals surface area contributed by atoms with Crippen LogP contribution >= 0.6 is 11.6 Å². The Morgan fingerprint density at radius 3 is 2.68 bits per heavy atom. The highest BCUT2D eigenvalue weighted by molar-refractivity contribution is 6.34. The normalized spacial score (nSPS) is 11.5. The molecule has 0 unspecified atom stereocenters. The number of hydrogen-bond donors (Lipinski definition) is 2. The fourth-order valence-corrected chi connectivity index (χ4v) is 2.21. The predicted molar refractivity (Wildman–Crippen MR) is 82.0 cm³/mol. The summed E-state index contributed by atoms with van der Waals surface area (Å²) in [6.45, 7) is 3.94. The first kappa shape index (κ1) is 16.4. The van der Waals surface area contributed by atoms with Gasteiger partial charge in [0, 0.05) is 6.54 Å². The maximum Gasteiger partial charge on any atom is 0.252 e. The number of carbonyl (C=O) groups excluding carboxylic acids is 1. The Morgan fingerprint density at radius 1 is 1.41 bits per heavy atom. The fraction of sp³-hybridized carbons (Fsp3) is 0.429. The van der Waals surface area contributed by atoms with Crippen molar-refractivity contribution in [2.24, 2.45) is 0 Å². The van der Waals surface area contributed by atoms with E-state index in [0.717, 1.165) is 0 Å². The Bertz CT molecular complexity index is 641. The van der Waals surface area contributed by atoms with Crippen molar-refractivity contribution in [3.63, 3.8) is 0 Å². The van der Waals surface area contributed by atoms with E-state index in [1.165, 1.54) is 11.0 Å². The van der Waals surface area contributed by atoms with Gasteiger partial charge in [0.1, 0.15) is 6.33 Å². The summed E-state index contributed by atoms with van der Waals surface area (Å²) in [6, 6.07) is 4.91. The Kier molecular flexibility index (Phi) is 5.10. The summed E-state index contributed by atoms with van der Waals surface area (Å²) in [6.07, 6.45) is 2.57. The zero-order chi connectivity index (χ0) is 16.2. The maximum atomic E-state index is 12.2. The molecule has 1 aromatic heterocycles. The largest absolute Gasteiger partial charge is 0.388 e. The number of hydrogen-bond acceptors (Lipinski definition) is 5. The van der Waals surface area contributed by atoms with Crippen molar-refractivity contribution in [1.82, 2.24) is 25.5 Å². The van der Waals surface area contributed by atoms with Gasteiger partial charge in [-0.25, -0.2) is 4.68 Å². The number of nitrogens with zero attached hydrogens (tertiary/aromatic N) is 4. The Labute approximate surface area is 133 Å². The van der Waals surface area contributed by atoms with E-state index in [9.17, 15) is 9.90 Å². The van der Waals surface area contributed by atoms with E-state index in [-0.39, 0.29) is 12.5 Å². The number of nitrogens with one attached hydrogen (secondary N) is 1. The molecule has 2 N–H and O–H groups in total. The zero-order valence-electron chi connectivity index (χ0n) is 12.5. The molecule has 8 heteroatoms. The van der Waals surface area contributed by atoms with Crippen LogP contribution in [-0.2, 0) is 0 Å². The molecule has 0 aliphatic heterocycles. The molecule has 0 fully saturated rings. The molecule has 0 aliphatic carbocycles. The van der Waals surface area contributed by atoms with Gasteiger partial charge in [-0.3, -0.25) is 4.79 Å². The van der Waals surface area contributed by atoms with Crippen molar-refractivity contribution in [3.05, 3.63) is 35.1 Å². The van der Waals surface area contributed by atoms with Gasteiger partial charge < -0.3 is 10.4 Å². The minimum absolute atomic E-state index is 0.184. The summed E-state index contributed by atoms with van der Waals surface area (Å²) in [5.74, 6) is -0.325. The molecule has 22 heavy (non-hydrogen) atoms. The maximum absolute atomic E-state index is 12.2. The molecule has 0 bridgehead atoms. The molecule has 1 aromatic carbocycles. The Morgan fingerprint density at radius 2 is 2.14 bits per heavy atom. The lowest BCUT2D eigenvalue weighted by Crippen LogP contribution is -2.42. The fourth-order valence-electron chi connectivity index (χ4n) is 1.95. The van der Waals surface area contributed by atoms with Crippen molar-refractivity contribution in [1.29, 1.82) is 0 Å². The molecule has 0 aliphatic rings. The van der Waals surface area contributed by atoms with Crippen molar-refractivity contribution in [2.45, 2.75) is 32.3 Å². The van der Waals surface area contributed by atoms with Gasteiger partial charge in [0.25, 0.3) is 5.91 Å². The monoisotopic (exact) mass is 323 g/mol. The molecule has 0 radical (unpaired) electrons. The minimum atomic E-state index is -0.894. The summed E-state index contributed by atoms with van der Waals surface area (Å²) < 4.78 is 1.44. The number of amides is 1. The van der Waals surface area contributed by atoms with Gasteiger partial charge in [0.05, 0.1) is 21.9 Å². The average Bonchev–Trinajstić information content (AvgIpc) is 3.06. The average molecular weight is 324 g/mol. The van der Waals surface area contributed by atoms with E-state index in [2.05, 4.69) is 20.8 Å². The number of benzene rings is 1. The van der Waals surface area contributed by atoms with E-state index < -0.39 is 5.60 Å². The number of aromatic nitrogens is 4. The highest BCUT2D eigenvalue weighted by Crippen LogP contribution is 2.20. The summed E-state index contributed by atoms with van der Waals surface area (Å²) in [7, 11) is 0. The van der Waals surface area contributed by atoms with E-state index in [1.807, 2.05) is 13.8 Å². The molecule has 0 saturated heterocycles. The van der Waals surface area contributed by atoms with Gasteiger partial charge in [-0.15, -0.1) is 5.10 Å². The van der Waals surface area contributed by atoms with Crippen molar-refractivity contribution in [3.8, 4) is 5.69 Å². The number of halogens is 1. The SMILES string of the molecule is CCC(O)(CC)CNC(=O)c1ccc(-n2cnnn2)cc1Cl. The van der Waals surface area contributed by atoms with E-state index in [1.54, 1.807) is 18.2 Å². The molecule has 2 rings (SSSR count). The van der Waals surface area contributed by atoms with Gasteiger partial charge in [-0.2, -0.15) is 0 Å². The van der Waals surface area contributed by atoms with Gasteiger partial charge in [0.2, 0.25) is 0 Å². The van der Waals surface area contributed by atoms with Crippen LogP contribution in [0.15, 0.2) is 24.5 Å². The molecule has 1 heterocycles. The number of tetrazole rings is 1. The summed E-state index contributed by atoms with van der Waals surface area (Å²) in [5, 5.41) is 24.0. The predicted octanol–water partition coefficient (Wildman–Crippen LogP) is 1.60. The third kappa shape index (κ3) is 3.61. The van der Waals surface area contributed by atoms with E-state index in [0.29, 0.717) is 29.1 Å². The van der Waals surface area contributed by atoms with Gasteiger partial charge in [-0.1, -0.05) is 25.4 Å². The van der Waals surface area contributed by atoms with Gasteiger partial charge in [-0.05, 0) is 41.5 Å². The van der Waals surface area contributed by atoms with Crippen molar-refractivity contribution in [2.75, 3.05) is 6.54 Å². The second kappa shape index (κ2) is 6.85. The molecule has 7 nitrogen and oxygen atoms in total. The third-order valence-corrected chi connectivity index (χ3v) is 4.02. The van der Waals surface area contributed by atoms with Crippen LogP contribution in [0.2, 0.25) is 5.02 Å². The van der Waals surface area contributed by atoms with Crippen molar-refractivity contribution >= 4 is 17.5 Å². The second-order valence-corrected chi connectivity index (χ2v) is 5.44. The highest BCUT2D eigenvalue weighted by Gasteiger charge is 2.23.